The van der Waals surface area contributed by atoms with Crippen LogP contribution in [0, 0.1) is 5.92 Å². The van der Waals surface area contributed by atoms with Crippen molar-refractivity contribution in [3.05, 3.63) is 136 Å². The maximum atomic E-state index is 13.9. The first-order chi connectivity index (χ1) is 24.1. The van der Waals surface area contributed by atoms with Crippen molar-refractivity contribution in [3.8, 4) is 5.69 Å². The van der Waals surface area contributed by atoms with Crippen LogP contribution in [0.3, 0.4) is 0 Å². The van der Waals surface area contributed by atoms with Gasteiger partial charge in [-0.25, -0.2) is 9.48 Å². The van der Waals surface area contributed by atoms with Gasteiger partial charge in [0.2, 0.25) is 0 Å². The van der Waals surface area contributed by atoms with E-state index in [-0.39, 0.29) is 24.0 Å². The van der Waals surface area contributed by atoms with Gasteiger partial charge in [-0.1, -0.05) is 84.4 Å². The molecule has 1 heterocycles. The van der Waals surface area contributed by atoms with E-state index in [4.69, 9.17) is 16.7 Å². The average molecular weight is 698 g/mol. The number of carbonyl (C=O) groups is 2. The lowest BCUT2D eigenvalue weighted by atomic mass is 9.88. The van der Waals surface area contributed by atoms with Crippen LogP contribution in [0.2, 0.25) is 5.02 Å². The van der Waals surface area contributed by atoms with E-state index in [1.165, 1.54) is 12.1 Å². The number of amides is 2. The Labute approximate surface area is 289 Å². The van der Waals surface area contributed by atoms with Crippen LogP contribution in [0.25, 0.3) is 27.2 Å². The normalized spacial score (nSPS) is 13.8. The SMILES string of the molecule is O=C(O)NCc1cccc(-n2nc(C(F)(F)F)cc2C(=O)Nc2cccc(C(NCC3CC3)c3c4ccccc4c(Cl)c4ccccc34)c2)c1. The van der Waals surface area contributed by atoms with Gasteiger partial charge in [-0.2, -0.15) is 18.3 Å². The summed E-state index contributed by atoms with van der Waals surface area (Å²) in [6.45, 7) is 0.700. The largest absolute Gasteiger partial charge is 0.465 e. The molecular formula is C38H31ClF3N5O3. The molecule has 0 bridgehead atoms. The monoisotopic (exact) mass is 697 g/mol. The third-order valence-electron chi connectivity index (χ3n) is 8.81. The van der Waals surface area contributed by atoms with Crippen molar-refractivity contribution < 1.29 is 27.9 Å². The van der Waals surface area contributed by atoms with Crippen molar-refractivity contribution >= 4 is 50.8 Å². The van der Waals surface area contributed by atoms with E-state index in [1.54, 1.807) is 24.3 Å². The van der Waals surface area contributed by atoms with Crippen molar-refractivity contribution in [3.63, 3.8) is 0 Å². The molecule has 4 N–H and O–H groups in total. The molecule has 0 radical (unpaired) electrons. The molecule has 6 aromatic rings. The number of benzene rings is 5. The Kier molecular flexibility index (Phi) is 8.94. The molecule has 1 aromatic heterocycles. The van der Waals surface area contributed by atoms with E-state index in [0.29, 0.717) is 28.3 Å². The molecule has 8 nitrogen and oxygen atoms in total. The molecule has 2 amide bonds. The number of alkyl halides is 3. The average Bonchev–Trinajstić information content (AvgIpc) is 3.82. The van der Waals surface area contributed by atoms with Crippen molar-refractivity contribution in [2.75, 3.05) is 11.9 Å². The Hall–Kier alpha value is -5.39. The molecule has 1 aliphatic carbocycles. The molecule has 0 aliphatic heterocycles. The van der Waals surface area contributed by atoms with Gasteiger partial charge in [0.25, 0.3) is 5.91 Å². The van der Waals surface area contributed by atoms with Crippen LogP contribution in [0.1, 0.15) is 51.8 Å². The van der Waals surface area contributed by atoms with Gasteiger partial charge >= 0.3 is 12.3 Å². The predicted molar refractivity (Wildman–Crippen MR) is 187 cm³/mol. The summed E-state index contributed by atoms with van der Waals surface area (Å²) in [5.41, 5.74) is 1.32. The van der Waals surface area contributed by atoms with E-state index in [9.17, 15) is 22.8 Å². The summed E-state index contributed by atoms with van der Waals surface area (Å²) in [6.07, 6.45) is -3.78. The quantitative estimate of drug-likeness (QED) is 0.107. The molecule has 0 spiro atoms. The minimum Gasteiger partial charge on any atom is -0.465 e. The first-order valence-electron chi connectivity index (χ1n) is 16.0. The zero-order chi connectivity index (χ0) is 35.0. The molecule has 7 rings (SSSR count). The highest BCUT2D eigenvalue weighted by Gasteiger charge is 2.36. The smallest absolute Gasteiger partial charge is 0.435 e. The molecule has 5 aromatic carbocycles. The van der Waals surface area contributed by atoms with E-state index < -0.39 is 23.9 Å². The lowest BCUT2D eigenvalue weighted by molar-refractivity contribution is -0.141. The van der Waals surface area contributed by atoms with E-state index in [2.05, 4.69) is 21.0 Å². The van der Waals surface area contributed by atoms with Crippen LogP contribution in [0.4, 0.5) is 23.7 Å². The number of fused-ring (bicyclic) bond motifs is 2. The van der Waals surface area contributed by atoms with Gasteiger partial charge in [0.05, 0.1) is 16.8 Å². The summed E-state index contributed by atoms with van der Waals surface area (Å²) in [6, 6.07) is 29.7. The minimum atomic E-state index is -4.81. The maximum absolute atomic E-state index is 13.9. The Morgan fingerprint density at radius 1 is 0.880 bits per heavy atom. The third-order valence-corrected chi connectivity index (χ3v) is 9.22. The molecule has 12 heteroatoms. The first kappa shape index (κ1) is 33.1. The van der Waals surface area contributed by atoms with Gasteiger partial charge in [0.15, 0.2) is 5.69 Å². The summed E-state index contributed by atoms with van der Waals surface area (Å²) in [4.78, 5) is 24.7. The van der Waals surface area contributed by atoms with Crippen molar-refractivity contribution in [1.29, 1.82) is 0 Å². The minimum absolute atomic E-state index is 0.0843. The van der Waals surface area contributed by atoms with Crippen LogP contribution in [0.5, 0.6) is 0 Å². The number of halogens is 4. The van der Waals surface area contributed by atoms with Crippen LogP contribution >= 0.6 is 11.6 Å². The second-order valence-corrected chi connectivity index (χ2v) is 12.7. The second-order valence-electron chi connectivity index (χ2n) is 12.3. The Morgan fingerprint density at radius 2 is 1.54 bits per heavy atom. The standard InChI is InChI=1S/C38H31ClF3N5O3/c39-34-29-13-3-1-11-27(29)33(28-12-2-4-14-30(28)34)35(43-20-22-15-16-22)24-8-6-9-25(18-24)45-36(48)31-19-32(38(40,41)42)46-47(31)26-10-5-7-23(17-26)21-44-37(49)50/h1-14,17-19,22,35,43-44H,15-16,20-21H2,(H,45,48)(H,49,50). The molecule has 1 atom stereocenters. The number of anilines is 1. The molecule has 50 heavy (non-hydrogen) atoms. The van der Waals surface area contributed by atoms with E-state index in [1.807, 2.05) is 60.7 Å². The number of carbonyl (C=O) groups excluding carboxylic acids is 1. The number of nitrogens with zero attached hydrogens (tertiary/aromatic N) is 2. The number of nitrogens with one attached hydrogen (secondary N) is 3. The maximum Gasteiger partial charge on any atom is 0.435 e. The lowest BCUT2D eigenvalue weighted by Gasteiger charge is -2.25. The molecule has 1 aliphatic rings. The van der Waals surface area contributed by atoms with Crippen LogP contribution in [-0.4, -0.2) is 33.4 Å². The van der Waals surface area contributed by atoms with Crippen LogP contribution in [0.15, 0.2) is 103 Å². The van der Waals surface area contributed by atoms with Crippen molar-refractivity contribution in [1.82, 2.24) is 20.4 Å². The van der Waals surface area contributed by atoms with E-state index >= 15 is 0 Å². The Bertz CT molecular complexity index is 2190. The van der Waals surface area contributed by atoms with Gasteiger partial charge in [-0.05, 0) is 77.0 Å². The predicted octanol–water partition coefficient (Wildman–Crippen LogP) is 8.96. The van der Waals surface area contributed by atoms with Gasteiger partial charge in [-0.3, -0.25) is 4.79 Å². The molecule has 0 saturated heterocycles. The molecule has 254 valence electrons. The van der Waals surface area contributed by atoms with Gasteiger partial charge < -0.3 is 21.1 Å². The zero-order valence-corrected chi connectivity index (χ0v) is 27.2. The molecule has 1 fully saturated rings. The third kappa shape index (κ3) is 6.87. The number of carboxylic acid groups (broad SMARTS) is 1. The summed E-state index contributed by atoms with van der Waals surface area (Å²) < 4.78 is 42.5. The Balaban J connectivity index is 1.27. The van der Waals surface area contributed by atoms with Crippen LogP contribution in [-0.2, 0) is 12.7 Å². The fourth-order valence-corrected chi connectivity index (χ4v) is 6.59. The molecule has 1 unspecified atom stereocenters. The zero-order valence-electron chi connectivity index (χ0n) is 26.5. The van der Waals surface area contributed by atoms with Gasteiger partial charge in [0.1, 0.15) is 5.69 Å². The summed E-state index contributed by atoms with van der Waals surface area (Å²) in [7, 11) is 0. The topological polar surface area (TPSA) is 108 Å². The van der Waals surface area contributed by atoms with Gasteiger partial charge in [-0.15, -0.1) is 0 Å². The highest BCUT2D eigenvalue weighted by molar-refractivity contribution is 6.41. The number of aromatic nitrogens is 2. The lowest BCUT2D eigenvalue weighted by Crippen LogP contribution is -2.25. The fourth-order valence-electron chi connectivity index (χ4n) is 6.26. The highest BCUT2D eigenvalue weighted by Crippen LogP contribution is 2.42. The second kappa shape index (κ2) is 13.5. The van der Waals surface area contributed by atoms with Gasteiger partial charge in [0, 0.05) is 29.1 Å². The highest BCUT2D eigenvalue weighted by atomic mass is 35.5. The Morgan fingerprint density at radius 3 is 2.18 bits per heavy atom. The fraction of sp³-hybridized carbons (Fsp3) is 0.184. The number of hydrogen-bond acceptors (Lipinski definition) is 4. The number of rotatable bonds is 10. The van der Waals surface area contributed by atoms with Crippen molar-refractivity contribution in [2.45, 2.75) is 31.6 Å². The first-order valence-corrected chi connectivity index (χ1v) is 16.4. The molecular weight excluding hydrogens is 667 g/mol. The van der Waals surface area contributed by atoms with Crippen LogP contribution < -0.4 is 16.0 Å². The van der Waals surface area contributed by atoms with E-state index in [0.717, 1.165) is 56.7 Å². The summed E-state index contributed by atoms with van der Waals surface area (Å²) in [5, 5.41) is 26.0. The molecule has 1 saturated carbocycles. The number of hydrogen-bond donors (Lipinski definition) is 4. The summed E-state index contributed by atoms with van der Waals surface area (Å²) in [5.74, 6) is -0.240. The summed E-state index contributed by atoms with van der Waals surface area (Å²) >= 11 is 6.93. The van der Waals surface area contributed by atoms with Crippen molar-refractivity contribution in [2.24, 2.45) is 5.92 Å².